The van der Waals surface area contributed by atoms with Gasteiger partial charge in [-0.2, -0.15) is 5.10 Å². The zero-order chi connectivity index (χ0) is 19.0. The maximum atomic E-state index is 14.0. The van der Waals surface area contributed by atoms with E-state index in [4.69, 9.17) is 0 Å². The molecule has 0 unspecified atom stereocenters. The van der Waals surface area contributed by atoms with Gasteiger partial charge in [-0.25, -0.2) is 13.8 Å². The van der Waals surface area contributed by atoms with Crippen LogP contribution in [0.3, 0.4) is 0 Å². The third-order valence-electron chi connectivity index (χ3n) is 4.03. The topological polar surface area (TPSA) is 51.0 Å². The number of thiazole rings is 1. The molecule has 0 aliphatic carbocycles. The molecule has 0 aliphatic heterocycles. The first-order valence-electron chi connectivity index (χ1n) is 8.34. The fourth-order valence-corrected chi connectivity index (χ4v) is 3.81. The number of hydrogen-bond donors (Lipinski definition) is 0. The van der Waals surface area contributed by atoms with Gasteiger partial charge in [0.2, 0.25) is 5.91 Å². The number of aromatic nitrogens is 3. The standard InChI is InChI=1S/C18H20F2N4OS/c1-10(2)17(25)23(5-6-24-12(4)7-11(3)22-24)18-21-16-14(20)8-13(19)9-15(16)26-18/h7-10H,5-6H2,1-4H3. The van der Waals surface area contributed by atoms with Gasteiger partial charge < -0.3 is 0 Å². The number of nitrogens with zero attached hydrogens (tertiary/aromatic N) is 4. The summed E-state index contributed by atoms with van der Waals surface area (Å²) in [7, 11) is 0. The summed E-state index contributed by atoms with van der Waals surface area (Å²) in [5.74, 6) is -1.75. The number of hydrogen-bond acceptors (Lipinski definition) is 4. The number of halogens is 2. The molecule has 1 aromatic carbocycles. The van der Waals surface area contributed by atoms with Gasteiger partial charge in [-0.1, -0.05) is 25.2 Å². The number of aryl methyl sites for hydroxylation is 2. The van der Waals surface area contributed by atoms with Crippen molar-refractivity contribution >= 4 is 32.6 Å². The Balaban J connectivity index is 1.94. The zero-order valence-corrected chi connectivity index (χ0v) is 15.9. The number of fused-ring (bicyclic) bond motifs is 1. The average Bonchev–Trinajstić information content (AvgIpc) is 3.10. The lowest BCUT2D eigenvalue weighted by molar-refractivity contribution is -0.121. The van der Waals surface area contributed by atoms with Gasteiger partial charge >= 0.3 is 0 Å². The van der Waals surface area contributed by atoms with Crippen molar-refractivity contribution in [2.24, 2.45) is 5.92 Å². The second kappa shape index (κ2) is 7.11. The van der Waals surface area contributed by atoms with Gasteiger partial charge in [0.25, 0.3) is 0 Å². The lowest BCUT2D eigenvalue weighted by atomic mass is 10.2. The molecular formula is C18H20F2N4OS. The van der Waals surface area contributed by atoms with Crippen LogP contribution in [0.25, 0.3) is 10.2 Å². The fraction of sp³-hybridized carbons (Fsp3) is 0.389. The molecule has 0 N–H and O–H groups in total. The van der Waals surface area contributed by atoms with E-state index in [1.807, 2.05) is 24.6 Å². The van der Waals surface area contributed by atoms with E-state index in [1.165, 1.54) is 11.0 Å². The average molecular weight is 378 g/mol. The third-order valence-corrected chi connectivity index (χ3v) is 5.06. The molecule has 0 saturated heterocycles. The number of carbonyl (C=O) groups excluding carboxylic acids is 1. The first-order chi connectivity index (χ1) is 12.3. The maximum Gasteiger partial charge on any atom is 0.231 e. The van der Waals surface area contributed by atoms with Crippen LogP contribution < -0.4 is 4.90 Å². The first kappa shape index (κ1) is 18.4. The Hall–Kier alpha value is -2.35. The normalized spacial score (nSPS) is 11.5. The molecule has 8 heteroatoms. The summed E-state index contributed by atoms with van der Waals surface area (Å²) in [6, 6.07) is 4.00. The van der Waals surface area contributed by atoms with Crippen LogP contribution in [0.15, 0.2) is 18.2 Å². The van der Waals surface area contributed by atoms with E-state index in [0.29, 0.717) is 22.9 Å². The predicted molar refractivity (Wildman–Crippen MR) is 98.4 cm³/mol. The van der Waals surface area contributed by atoms with Crippen molar-refractivity contribution < 1.29 is 13.6 Å². The number of anilines is 1. The van der Waals surface area contributed by atoms with Crippen molar-refractivity contribution in [3.8, 4) is 0 Å². The minimum Gasteiger partial charge on any atom is -0.286 e. The van der Waals surface area contributed by atoms with Gasteiger partial charge in [-0.05, 0) is 26.0 Å². The van der Waals surface area contributed by atoms with Gasteiger partial charge in [-0.3, -0.25) is 14.4 Å². The highest BCUT2D eigenvalue weighted by molar-refractivity contribution is 7.22. The summed E-state index contributed by atoms with van der Waals surface area (Å²) in [6.07, 6.45) is 0. The summed E-state index contributed by atoms with van der Waals surface area (Å²) >= 11 is 1.11. The van der Waals surface area contributed by atoms with E-state index in [-0.39, 0.29) is 17.3 Å². The molecule has 0 bridgehead atoms. The minimum absolute atomic E-state index is 0.0825. The van der Waals surface area contributed by atoms with Gasteiger partial charge in [-0.15, -0.1) is 0 Å². The molecule has 5 nitrogen and oxygen atoms in total. The zero-order valence-electron chi connectivity index (χ0n) is 15.1. The van der Waals surface area contributed by atoms with Gasteiger partial charge in [0.1, 0.15) is 11.3 Å². The summed E-state index contributed by atoms with van der Waals surface area (Å²) < 4.78 is 29.6. The lowest BCUT2D eigenvalue weighted by Gasteiger charge is -2.22. The molecule has 3 rings (SSSR count). The Morgan fingerprint density at radius 2 is 2.00 bits per heavy atom. The van der Waals surface area contributed by atoms with Crippen molar-refractivity contribution in [2.75, 3.05) is 11.4 Å². The molecule has 2 aromatic heterocycles. The van der Waals surface area contributed by atoms with Gasteiger partial charge in [0, 0.05) is 24.2 Å². The minimum atomic E-state index is -0.724. The Morgan fingerprint density at radius 1 is 1.27 bits per heavy atom. The van der Waals surface area contributed by atoms with E-state index < -0.39 is 11.6 Å². The first-order valence-corrected chi connectivity index (χ1v) is 9.16. The van der Waals surface area contributed by atoms with Crippen LogP contribution >= 0.6 is 11.3 Å². The molecule has 0 saturated carbocycles. The second-order valence-electron chi connectivity index (χ2n) is 6.53. The highest BCUT2D eigenvalue weighted by atomic mass is 32.1. The molecular weight excluding hydrogens is 358 g/mol. The SMILES string of the molecule is Cc1cc(C)n(CCN(C(=O)C(C)C)c2nc3c(F)cc(F)cc3s2)n1. The molecule has 138 valence electrons. The predicted octanol–water partition coefficient (Wildman–Crippen LogP) is 4.08. The number of benzene rings is 1. The van der Waals surface area contributed by atoms with Crippen molar-refractivity contribution in [2.45, 2.75) is 34.2 Å². The quantitative estimate of drug-likeness (QED) is 0.672. The highest BCUT2D eigenvalue weighted by Crippen LogP contribution is 2.31. The highest BCUT2D eigenvalue weighted by Gasteiger charge is 2.23. The van der Waals surface area contributed by atoms with Crippen molar-refractivity contribution in [1.82, 2.24) is 14.8 Å². The maximum absolute atomic E-state index is 14.0. The molecule has 0 atom stereocenters. The van der Waals surface area contributed by atoms with Gasteiger partial charge in [0.15, 0.2) is 10.9 Å². The van der Waals surface area contributed by atoms with Crippen LogP contribution in [-0.2, 0) is 11.3 Å². The van der Waals surface area contributed by atoms with E-state index in [0.717, 1.165) is 28.8 Å². The molecule has 0 fully saturated rings. The van der Waals surface area contributed by atoms with Crippen LogP contribution in [0.1, 0.15) is 25.2 Å². The van der Waals surface area contributed by atoms with Crippen LogP contribution in [0.2, 0.25) is 0 Å². The Labute approximate surface area is 154 Å². The molecule has 0 aliphatic rings. The summed E-state index contributed by atoms with van der Waals surface area (Å²) in [4.78, 5) is 18.5. The number of amides is 1. The summed E-state index contributed by atoms with van der Waals surface area (Å²) in [5, 5.41) is 4.77. The number of rotatable bonds is 5. The Bertz CT molecular complexity index is 964. The Kier molecular flexibility index (Phi) is 5.04. The summed E-state index contributed by atoms with van der Waals surface area (Å²) in [6.45, 7) is 8.29. The molecule has 3 aromatic rings. The van der Waals surface area contributed by atoms with Crippen molar-refractivity contribution in [3.63, 3.8) is 0 Å². The molecule has 2 heterocycles. The van der Waals surface area contributed by atoms with E-state index in [1.54, 1.807) is 13.8 Å². The molecule has 1 amide bonds. The smallest absolute Gasteiger partial charge is 0.231 e. The molecule has 0 radical (unpaired) electrons. The lowest BCUT2D eigenvalue weighted by Crippen LogP contribution is -2.37. The van der Waals surface area contributed by atoms with Crippen LogP contribution in [0.5, 0.6) is 0 Å². The molecule has 26 heavy (non-hydrogen) atoms. The van der Waals surface area contributed by atoms with E-state index >= 15 is 0 Å². The largest absolute Gasteiger partial charge is 0.286 e. The van der Waals surface area contributed by atoms with Crippen LogP contribution in [0.4, 0.5) is 13.9 Å². The second-order valence-corrected chi connectivity index (χ2v) is 7.53. The fourth-order valence-electron chi connectivity index (χ4n) is 2.77. The van der Waals surface area contributed by atoms with Crippen molar-refractivity contribution in [1.29, 1.82) is 0 Å². The van der Waals surface area contributed by atoms with Crippen LogP contribution in [-0.4, -0.2) is 27.2 Å². The monoisotopic (exact) mass is 378 g/mol. The Morgan fingerprint density at radius 3 is 2.62 bits per heavy atom. The van der Waals surface area contributed by atoms with E-state index in [9.17, 15) is 13.6 Å². The molecule has 0 spiro atoms. The van der Waals surface area contributed by atoms with Crippen molar-refractivity contribution in [3.05, 3.63) is 41.2 Å². The number of carbonyl (C=O) groups is 1. The third kappa shape index (κ3) is 3.60. The summed E-state index contributed by atoms with van der Waals surface area (Å²) in [5.41, 5.74) is 1.98. The van der Waals surface area contributed by atoms with Crippen LogP contribution in [0, 0.1) is 31.4 Å². The van der Waals surface area contributed by atoms with Gasteiger partial charge in [0.05, 0.1) is 16.9 Å². The van der Waals surface area contributed by atoms with E-state index in [2.05, 4.69) is 10.1 Å².